The number of hydrogen-bond acceptors (Lipinski definition) is 6. The van der Waals surface area contributed by atoms with Gasteiger partial charge in [0.15, 0.2) is 6.10 Å². The van der Waals surface area contributed by atoms with Crippen molar-refractivity contribution in [3.8, 4) is 0 Å². The summed E-state index contributed by atoms with van der Waals surface area (Å²) < 4.78 is 16.7. The molecule has 356 valence electrons. The van der Waals surface area contributed by atoms with E-state index in [1.807, 2.05) is 48.6 Å². The van der Waals surface area contributed by atoms with Crippen LogP contribution in [0.15, 0.2) is 109 Å². The van der Waals surface area contributed by atoms with Crippen LogP contribution in [0.1, 0.15) is 213 Å². The van der Waals surface area contributed by atoms with Crippen LogP contribution in [0, 0.1) is 0 Å². The van der Waals surface area contributed by atoms with Gasteiger partial charge in [0.05, 0.1) is 0 Å². The van der Waals surface area contributed by atoms with E-state index in [1.165, 1.54) is 89.9 Å². The van der Waals surface area contributed by atoms with Crippen molar-refractivity contribution < 1.29 is 28.6 Å². The molecule has 0 saturated heterocycles. The van der Waals surface area contributed by atoms with Gasteiger partial charge in [-0.05, 0) is 89.9 Å². The second-order valence-corrected chi connectivity index (χ2v) is 16.4. The first-order valence-electron chi connectivity index (χ1n) is 25.5. The number of carbonyl (C=O) groups is 3. The Kier molecular flexibility index (Phi) is 47.5. The topological polar surface area (TPSA) is 78.9 Å². The fraction of sp³-hybridized carbons (Fsp3) is 0.632. The van der Waals surface area contributed by atoms with E-state index in [0.29, 0.717) is 19.3 Å². The maximum atomic E-state index is 12.8. The summed E-state index contributed by atoms with van der Waals surface area (Å²) >= 11 is 0. The molecule has 0 bridgehead atoms. The van der Waals surface area contributed by atoms with Crippen LogP contribution in [0.25, 0.3) is 0 Å². The second-order valence-electron chi connectivity index (χ2n) is 16.4. The first kappa shape index (κ1) is 59.1. The summed E-state index contributed by atoms with van der Waals surface area (Å²) in [6.07, 6.45) is 68.0. The van der Waals surface area contributed by atoms with Gasteiger partial charge in [-0.2, -0.15) is 0 Å². The van der Waals surface area contributed by atoms with Gasteiger partial charge in [0.2, 0.25) is 0 Å². The highest BCUT2D eigenvalue weighted by atomic mass is 16.6. The Hall–Kier alpha value is -3.93. The minimum Gasteiger partial charge on any atom is -0.462 e. The summed E-state index contributed by atoms with van der Waals surface area (Å²) in [6.45, 7) is 6.27. The average molecular weight is 873 g/mol. The lowest BCUT2D eigenvalue weighted by atomic mass is 10.1. The lowest BCUT2D eigenvalue weighted by Gasteiger charge is -2.18. The Morgan fingerprint density at radius 2 is 0.714 bits per heavy atom. The van der Waals surface area contributed by atoms with Gasteiger partial charge < -0.3 is 14.2 Å². The SMILES string of the molecule is CC\C=C/C=C\C=C/C=C\C=C/CCCCCC(=O)OC(COC(=O)CCC/C=C\C/C=C\C/C=C\CC)COC(=O)CCCCCCCCC/C=C\CCCCCCCCCC. The van der Waals surface area contributed by atoms with Crippen molar-refractivity contribution in [2.24, 2.45) is 0 Å². The van der Waals surface area contributed by atoms with Crippen molar-refractivity contribution in [2.75, 3.05) is 13.2 Å². The van der Waals surface area contributed by atoms with Crippen LogP contribution in [0.2, 0.25) is 0 Å². The molecule has 63 heavy (non-hydrogen) atoms. The van der Waals surface area contributed by atoms with Crippen LogP contribution >= 0.6 is 0 Å². The number of ether oxygens (including phenoxy) is 3. The van der Waals surface area contributed by atoms with E-state index >= 15 is 0 Å². The van der Waals surface area contributed by atoms with Gasteiger partial charge in [-0.25, -0.2) is 0 Å². The molecule has 6 nitrogen and oxygen atoms in total. The van der Waals surface area contributed by atoms with Crippen LogP contribution in [-0.4, -0.2) is 37.2 Å². The summed E-state index contributed by atoms with van der Waals surface area (Å²) in [7, 11) is 0. The average Bonchev–Trinajstić information content (AvgIpc) is 3.28. The Morgan fingerprint density at radius 3 is 1.25 bits per heavy atom. The maximum Gasteiger partial charge on any atom is 0.306 e. The molecular formula is C57H92O6. The van der Waals surface area contributed by atoms with E-state index in [2.05, 4.69) is 81.5 Å². The van der Waals surface area contributed by atoms with Gasteiger partial charge in [-0.15, -0.1) is 0 Å². The van der Waals surface area contributed by atoms with Gasteiger partial charge in [0.25, 0.3) is 0 Å². The predicted molar refractivity (Wildman–Crippen MR) is 270 cm³/mol. The molecule has 0 heterocycles. The highest BCUT2D eigenvalue weighted by Gasteiger charge is 2.19. The fourth-order valence-corrected chi connectivity index (χ4v) is 6.60. The Bertz CT molecular complexity index is 1330. The smallest absolute Gasteiger partial charge is 0.306 e. The Morgan fingerprint density at radius 1 is 0.349 bits per heavy atom. The van der Waals surface area contributed by atoms with E-state index in [-0.39, 0.29) is 44.0 Å². The molecule has 0 aromatic rings. The molecule has 0 aliphatic rings. The minimum atomic E-state index is -0.823. The molecule has 0 aliphatic carbocycles. The van der Waals surface area contributed by atoms with Crippen molar-refractivity contribution in [2.45, 2.75) is 219 Å². The van der Waals surface area contributed by atoms with E-state index in [1.54, 1.807) is 0 Å². The quantitative estimate of drug-likeness (QED) is 0.0199. The largest absolute Gasteiger partial charge is 0.462 e. The monoisotopic (exact) mass is 873 g/mol. The molecule has 0 aliphatic heterocycles. The zero-order valence-corrected chi connectivity index (χ0v) is 40.5. The molecular weight excluding hydrogens is 781 g/mol. The summed E-state index contributed by atoms with van der Waals surface area (Å²) in [6, 6.07) is 0. The van der Waals surface area contributed by atoms with Gasteiger partial charge in [0, 0.05) is 19.3 Å². The number of allylic oxidation sites excluding steroid dienone is 18. The summed E-state index contributed by atoms with van der Waals surface area (Å²) in [5.74, 6) is -1.03. The van der Waals surface area contributed by atoms with Gasteiger partial charge in [-0.3, -0.25) is 14.4 Å². The highest BCUT2D eigenvalue weighted by Crippen LogP contribution is 2.13. The molecule has 0 N–H and O–H groups in total. The zero-order valence-electron chi connectivity index (χ0n) is 40.5. The van der Waals surface area contributed by atoms with Crippen LogP contribution in [0.5, 0.6) is 0 Å². The third-order valence-corrected chi connectivity index (χ3v) is 10.4. The lowest BCUT2D eigenvalue weighted by molar-refractivity contribution is -0.167. The summed E-state index contributed by atoms with van der Waals surface area (Å²) in [5.41, 5.74) is 0. The van der Waals surface area contributed by atoms with Crippen molar-refractivity contribution >= 4 is 17.9 Å². The van der Waals surface area contributed by atoms with Crippen LogP contribution in [-0.2, 0) is 28.6 Å². The number of rotatable bonds is 44. The number of hydrogen-bond donors (Lipinski definition) is 0. The van der Waals surface area contributed by atoms with E-state index in [4.69, 9.17) is 14.2 Å². The van der Waals surface area contributed by atoms with Crippen LogP contribution in [0.3, 0.4) is 0 Å². The standard InChI is InChI=1S/C57H92O6/c1-4-7-10-13-16-19-22-24-26-27-28-29-31-32-35-38-41-44-47-50-56(59)62-53-54(52-61-55(58)49-46-43-40-37-34-21-18-15-12-9-6-3)63-57(60)51-48-45-42-39-36-33-30-25-23-20-17-14-11-8-5-2/h8-9,11-12,14,17-18,20-21,23,25,27-28,30,33,36-37,40,54H,4-7,10,13,15-16,19,22,24,26,29,31-32,34-35,38-39,41-53H2,1-3H3/b11-8-,12-9-,17-14-,21-18-,23-20-,28-27-,30-25-,36-33-,40-37-. The van der Waals surface area contributed by atoms with Crippen molar-refractivity contribution in [3.05, 3.63) is 109 Å². The number of carbonyl (C=O) groups excluding carboxylic acids is 3. The molecule has 0 spiro atoms. The maximum absolute atomic E-state index is 12.8. The third kappa shape index (κ3) is 49.0. The fourth-order valence-electron chi connectivity index (χ4n) is 6.60. The molecule has 1 unspecified atom stereocenters. The lowest BCUT2D eigenvalue weighted by Crippen LogP contribution is -2.30. The van der Waals surface area contributed by atoms with Crippen LogP contribution < -0.4 is 0 Å². The van der Waals surface area contributed by atoms with Gasteiger partial charge in [0.1, 0.15) is 13.2 Å². The first-order chi connectivity index (χ1) is 31.0. The third-order valence-electron chi connectivity index (χ3n) is 10.4. The van der Waals surface area contributed by atoms with Crippen molar-refractivity contribution in [1.29, 1.82) is 0 Å². The van der Waals surface area contributed by atoms with Crippen molar-refractivity contribution in [3.63, 3.8) is 0 Å². The predicted octanol–water partition coefficient (Wildman–Crippen LogP) is 16.8. The normalized spacial score (nSPS) is 13.0. The highest BCUT2D eigenvalue weighted by molar-refractivity contribution is 5.71. The molecule has 0 aromatic heterocycles. The summed E-state index contributed by atoms with van der Waals surface area (Å²) in [4.78, 5) is 37.9. The molecule has 0 aromatic carbocycles. The Balaban J connectivity index is 4.47. The number of esters is 3. The van der Waals surface area contributed by atoms with Crippen LogP contribution in [0.4, 0.5) is 0 Å². The zero-order chi connectivity index (χ0) is 45.8. The molecule has 1 atom stereocenters. The molecule has 0 amide bonds. The first-order valence-corrected chi connectivity index (χ1v) is 25.5. The van der Waals surface area contributed by atoms with E-state index in [9.17, 15) is 14.4 Å². The van der Waals surface area contributed by atoms with E-state index in [0.717, 1.165) is 70.6 Å². The minimum absolute atomic E-state index is 0.115. The van der Waals surface area contributed by atoms with Gasteiger partial charge >= 0.3 is 17.9 Å². The van der Waals surface area contributed by atoms with E-state index < -0.39 is 6.10 Å². The molecule has 0 rings (SSSR count). The Labute approximate surface area is 387 Å². The van der Waals surface area contributed by atoms with Crippen molar-refractivity contribution in [1.82, 2.24) is 0 Å². The molecule has 6 heteroatoms. The molecule has 0 radical (unpaired) electrons. The second kappa shape index (κ2) is 50.7. The molecule has 0 fully saturated rings. The van der Waals surface area contributed by atoms with Gasteiger partial charge in [-0.1, -0.05) is 214 Å². The molecule has 0 saturated carbocycles. The number of unbranched alkanes of at least 4 members (excludes halogenated alkanes) is 19. The summed E-state index contributed by atoms with van der Waals surface area (Å²) in [5, 5.41) is 0.